The molecule has 0 saturated carbocycles. The molecule has 1 amide bonds. The van der Waals surface area contributed by atoms with Crippen molar-refractivity contribution in [3.63, 3.8) is 0 Å². The van der Waals surface area contributed by atoms with Gasteiger partial charge in [-0.3, -0.25) is 4.79 Å². The topological polar surface area (TPSA) is 62.4 Å². The van der Waals surface area contributed by atoms with Crippen LogP contribution in [-0.4, -0.2) is 45.3 Å². The van der Waals surface area contributed by atoms with Crippen LogP contribution >= 0.6 is 0 Å². The van der Waals surface area contributed by atoms with E-state index in [9.17, 15) is 4.79 Å². The molecule has 1 saturated heterocycles. The van der Waals surface area contributed by atoms with E-state index in [2.05, 4.69) is 16.0 Å². The molecule has 1 fully saturated rings. The summed E-state index contributed by atoms with van der Waals surface area (Å²) in [4.78, 5) is 12.1. The number of hydrogen-bond acceptors (Lipinski definition) is 4. The number of para-hydroxylation sites is 1. The first-order chi connectivity index (χ1) is 9.31. The molecular weight excluding hydrogens is 242 g/mol. The van der Waals surface area contributed by atoms with Crippen LogP contribution in [0.5, 0.6) is 0 Å². The number of piperazine rings is 1. The summed E-state index contributed by atoms with van der Waals surface area (Å²) in [6, 6.07) is 7.68. The zero-order valence-corrected chi connectivity index (χ0v) is 11.2. The monoisotopic (exact) mass is 263 g/mol. The normalized spacial score (nSPS) is 19.1. The van der Waals surface area contributed by atoms with Crippen LogP contribution in [0.25, 0.3) is 0 Å². The Morgan fingerprint density at radius 3 is 3.00 bits per heavy atom. The summed E-state index contributed by atoms with van der Waals surface area (Å²) in [6.07, 6.45) is 0.795. The molecule has 19 heavy (non-hydrogen) atoms. The number of methoxy groups -OCH3 is 1. The standard InChI is InChI=1S/C14H21N3O2/c1-19-9-6-11-4-2-3-5-12(11)17-14(18)13-10-15-7-8-16-13/h2-5,13,15-16H,6-10H2,1H3,(H,17,18). The van der Waals surface area contributed by atoms with Crippen molar-refractivity contribution < 1.29 is 9.53 Å². The second kappa shape index (κ2) is 7.23. The highest BCUT2D eigenvalue weighted by Crippen LogP contribution is 2.16. The highest BCUT2D eigenvalue weighted by Gasteiger charge is 2.20. The van der Waals surface area contributed by atoms with Crippen molar-refractivity contribution in [2.45, 2.75) is 12.5 Å². The molecule has 1 aliphatic rings. The van der Waals surface area contributed by atoms with Gasteiger partial charge >= 0.3 is 0 Å². The Hall–Kier alpha value is -1.43. The minimum absolute atomic E-state index is 0.0112. The maximum absolute atomic E-state index is 12.1. The summed E-state index contributed by atoms with van der Waals surface area (Å²) < 4.78 is 5.09. The molecular formula is C14H21N3O2. The Morgan fingerprint density at radius 2 is 2.26 bits per heavy atom. The van der Waals surface area contributed by atoms with Gasteiger partial charge in [0.1, 0.15) is 0 Å². The van der Waals surface area contributed by atoms with E-state index in [-0.39, 0.29) is 11.9 Å². The van der Waals surface area contributed by atoms with Gasteiger partial charge in [-0.1, -0.05) is 18.2 Å². The predicted molar refractivity (Wildman–Crippen MR) is 75.3 cm³/mol. The van der Waals surface area contributed by atoms with Crippen LogP contribution < -0.4 is 16.0 Å². The summed E-state index contributed by atoms with van der Waals surface area (Å²) in [5.74, 6) is 0.0112. The molecule has 1 aromatic rings. The molecule has 0 radical (unpaired) electrons. The van der Waals surface area contributed by atoms with E-state index in [0.717, 1.165) is 30.8 Å². The lowest BCUT2D eigenvalue weighted by Crippen LogP contribution is -2.54. The SMILES string of the molecule is COCCc1ccccc1NC(=O)C1CNCCN1. The Bertz CT molecular complexity index is 417. The Kier molecular flexibility index (Phi) is 5.32. The molecule has 3 N–H and O–H groups in total. The first kappa shape index (κ1) is 14.0. The Balaban J connectivity index is 1.99. The van der Waals surface area contributed by atoms with Gasteiger partial charge in [0.15, 0.2) is 0 Å². The van der Waals surface area contributed by atoms with Crippen molar-refractivity contribution >= 4 is 11.6 Å². The van der Waals surface area contributed by atoms with Crippen LogP contribution in [0, 0.1) is 0 Å². The van der Waals surface area contributed by atoms with E-state index in [0.29, 0.717) is 13.2 Å². The van der Waals surface area contributed by atoms with E-state index in [1.165, 1.54) is 0 Å². The zero-order valence-electron chi connectivity index (χ0n) is 11.2. The number of benzene rings is 1. The second-order valence-corrected chi connectivity index (χ2v) is 4.60. The molecule has 1 aliphatic heterocycles. The summed E-state index contributed by atoms with van der Waals surface area (Å²) in [6.45, 7) is 3.06. The van der Waals surface area contributed by atoms with Gasteiger partial charge < -0.3 is 20.7 Å². The summed E-state index contributed by atoms with van der Waals surface area (Å²) in [7, 11) is 1.68. The quantitative estimate of drug-likeness (QED) is 0.718. The van der Waals surface area contributed by atoms with Gasteiger partial charge in [0.2, 0.25) is 5.91 Å². The molecule has 104 valence electrons. The number of carbonyl (C=O) groups excluding carboxylic acids is 1. The van der Waals surface area contributed by atoms with E-state index in [1.54, 1.807) is 7.11 Å². The van der Waals surface area contributed by atoms with Crippen molar-refractivity contribution in [3.05, 3.63) is 29.8 Å². The van der Waals surface area contributed by atoms with Crippen LogP contribution in [0.2, 0.25) is 0 Å². The fraction of sp³-hybridized carbons (Fsp3) is 0.500. The highest BCUT2D eigenvalue weighted by atomic mass is 16.5. The van der Waals surface area contributed by atoms with E-state index >= 15 is 0 Å². The minimum Gasteiger partial charge on any atom is -0.384 e. The fourth-order valence-electron chi connectivity index (χ4n) is 2.13. The first-order valence-electron chi connectivity index (χ1n) is 6.63. The smallest absolute Gasteiger partial charge is 0.242 e. The van der Waals surface area contributed by atoms with Gasteiger partial charge in [-0.2, -0.15) is 0 Å². The number of hydrogen-bond donors (Lipinski definition) is 3. The lowest BCUT2D eigenvalue weighted by molar-refractivity contribution is -0.118. The van der Waals surface area contributed by atoms with Crippen molar-refractivity contribution in [1.82, 2.24) is 10.6 Å². The van der Waals surface area contributed by atoms with Gasteiger partial charge in [-0.25, -0.2) is 0 Å². The molecule has 0 spiro atoms. The molecule has 5 heteroatoms. The lowest BCUT2D eigenvalue weighted by Gasteiger charge is -2.24. The molecule has 1 unspecified atom stereocenters. The average Bonchev–Trinajstić information content (AvgIpc) is 2.47. The molecule has 0 bridgehead atoms. The highest BCUT2D eigenvalue weighted by molar-refractivity contribution is 5.95. The van der Waals surface area contributed by atoms with Gasteiger partial charge in [0.25, 0.3) is 0 Å². The lowest BCUT2D eigenvalue weighted by atomic mass is 10.1. The first-order valence-corrected chi connectivity index (χ1v) is 6.63. The molecule has 1 aromatic carbocycles. The second-order valence-electron chi connectivity index (χ2n) is 4.60. The third kappa shape index (κ3) is 4.02. The van der Waals surface area contributed by atoms with E-state index in [1.807, 2.05) is 24.3 Å². The summed E-state index contributed by atoms with van der Waals surface area (Å²) in [5, 5.41) is 9.40. The number of nitrogens with one attached hydrogen (secondary N) is 3. The fourth-order valence-corrected chi connectivity index (χ4v) is 2.13. The number of anilines is 1. The molecule has 0 aromatic heterocycles. The predicted octanol–water partition coefficient (Wildman–Crippen LogP) is 0.375. The molecule has 5 nitrogen and oxygen atoms in total. The molecule has 0 aliphatic carbocycles. The van der Waals surface area contributed by atoms with Gasteiger partial charge in [0.05, 0.1) is 12.6 Å². The van der Waals surface area contributed by atoms with Crippen LogP contribution in [-0.2, 0) is 16.0 Å². The molecule has 1 atom stereocenters. The third-order valence-corrected chi connectivity index (χ3v) is 3.21. The zero-order chi connectivity index (χ0) is 13.5. The van der Waals surface area contributed by atoms with Gasteiger partial charge in [-0.05, 0) is 18.1 Å². The van der Waals surface area contributed by atoms with Crippen molar-refractivity contribution in [1.29, 1.82) is 0 Å². The summed E-state index contributed by atoms with van der Waals surface area (Å²) >= 11 is 0. The molecule has 2 rings (SSSR count). The van der Waals surface area contributed by atoms with Crippen molar-refractivity contribution in [3.8, 4) is 0 Å². The average molecular weight is 263 g/mol. The van der Waals surface area contributed by atoms with Crippen molar-refractivity contribution in [2.24, 2.45) is 0 Å². The van der Waals surface area contributed by atoms with Gasteiger partial charge in [-0.15, -0.1) is 0 Å². The minimum atomic E-state index is -0.163. The molecule has 1 heterocycles. The number of rotatable bonds is 5. The third-order valence-electron chi connectivity index (χ3n) is 3.21. The number of ether oxygens (including phenoxy) is 1. The van der Waals surface area contributed by atoms with Crippen LogP contribution in [0.1, 0.15) is 5.56 Å². The maximum Gasteiger partial charge on any atom is 0.242 e. The van der Waals surface area contributed by atoms with Crippen molar-refractivity contribution in [2.75, 3.05) is 38.7 Å². The van der Waals surface area contributed by atoms with Gasteiger partial charge in [0, 0.05) is 32.4 Å². The number of amides is 1. The van der Waals surface area contributed by atoms with E-state index in [4.69, 9.17) is 4.74 Å². The van der Waals surface area contributed by atoms with Crippen LogP contribution in [0.4, 0.5) is 5.69 Å². The maximum atomic E-state index is 12.1. The summed E-state index contributed by atoms with van der Waals surface area (Å²) in [5.41, 5.74) is 1.97. The largest absolute Gasteiger partial charge is 0.384 e. The Morgan fingerprint density at radius 1 is 1.42 bits per heavy atom. The van der Waals surface area contributed by atoms with E-state index < -0.39 is 0 Å². The Labute approximate surface area is 113 Å². The van der Waals surface area contributed by atoms with Crippen LogP contribution in [0.3, 0.4) is 0 Å². The number of carbonyl (C=O) groups is 1. The van der Waals surface area contributed by atoms with Crippen LogP contribution in [0.15, 0.2) is 24.3 Å².